The number of benzene rings is 1. The Morgan fingerprint density at radius 1 is 1.42 bits per heavy atom. The van der Waals surface area contributed by atoms with Crippen LogP contribution < -0.4 is 4.90 Å². The van der Waals surface area contributed by atoms with Crippen molar-refractivity contribution in [2.24, 2.45) is 0 Å². The van der Waals surface area contributed by atoms with Crippen LogP contribution in [0.5, 0.6) is 0 Å². The molecule has 1 aromatic carbocycles. The molecule has 1 fully saturated rings. The summed E-state index contributed by atoms with van der Waals surface area (Å²) in [6, 6.07) is 6.23. The fourth-order valence-corrected chi connectivity index (χ4v) is 2.80. The average molecular weight is 263 g/mol. The lowest BCUT2D eigenvalue weighted by molar-refractivity contribution is -0.142. The zero-order valence-corrected chi connectivity index (χ0v) is 11.5. The molecule has 1 atom stereocenters. The molecule has 0 aromatic heterocycles. The van der Waals surface area contributed by atoms with Gasteiger partial charge in [0.1, 0.15) is 0 Å². The fraction of sp³-hybridized carbons (Fsp3) is 0.533. The normalized spacial score (nSPS) is 23.4. The maximum absolute atomic E-state index is 10.9. The van der Waals surface area contributed by atoms with Crippen molar-refractivity contribution in [3.8, 4) is 0 Å². The van der Waals surface area contributed by atoms with Gasteiger partial charge in [0.2, 0.25) is 0 Å². The molecule has 4 nitrogen and oxygen atoms in total. The van der Waals surface area contributed by atoms with Gasteiger partial charge in [-0.2, -0.15) is 0 Å². The molecule has 0 radical (unpaired) electrons. The van der Waals surface area contributed by atoms with Crippen LogP contribution in [0.3, 0.4) is 0 Å². The van der Waals surface area contributed by atoms with Gasteiger partial charge in [0, 0.05) is 18.8 Å². The number of aliphatic hydroxyl groups is 1. The molecule has 0 aliphatic carbocycles. The van der Waals surface area contributed by atoms with Crippen LogP contribution in [0.4, 0.5) is 5.69 Å². The Kier molecular flexibility index (Phi) is 3.80. The molecule has 2 N–H and O–H groups in total. The Balaban J connectivity index is 2.21. The van der Waals surface area contributed by atoms with Crippen molar-refractivity contribution in [3.05, 3.63) is 29.3 Å². The minimum absolute atomic E-state index is 0.186. The Morgan fingerprint density at radius 3 is 2.84 bits per heavy atom. The lowest BCUT2D eigenvalue weighted by atomic mass is 9.89. The van der Waals surface area contributed by atoms with E-state index in [2.05, 4.69) is 23.1 Å². The van der Waals surface area contributed by atoms with E-state index in [-0.39, 0.29) is 6.42 Å². The molecule has 1 heterocycles. The second kappa shape index (κ2) is 5.21. The van der Waals surface area contributed by atoms with Gasteiger partial charge in [-0.25, -0.2) is 0 Å². The molecule has 19 heavy (non-hydrogen) atoms. The van der Waals surface area contributed by atoms with Crippen molar-refractivity contribution in [2.75, 3.05) is 18.0 Å². The zero-order valence-electron chi connectivity index (χ0n) is 11.5. The average Bonchev–Trinajstić information content (AvgIpc) is 2.30. The summed E-state index contributed by atoms with van der Waals surface area (Å²) in [6.45, 7) is 5.34. The van der Waals surface area contributed by atoms with Crippen molar-refractivity contribution in [3.63, 3.8) is 0 Å². The number of hydrogen-bond acceptors (Lipinski definition) is 3. The minimum atomic E-state index is -1.11. The SMILES string of the molecule is Cc1ccc(C)c(N2CCCC(O)(CC(=O)O)C2)c1. The third-order valence-corrected chi connectivity index (χ3v) is 3.74. The standard InChI is InChI=1S/C15H21NO3/c1-11-4-5-12(2)13(8-11)16-7-3-6-15(19,10-16)9-14(17)18/h4-5,8,19H,3,6-7,9-10H2,1-2H3,(H,17,18). The van der Waals surface area contributed by atoms with Gasteiger partial charge in [0.05, 0.1) is 12.0 Å². The number of carboxylic acids is 1. The highest BCUT2D eigenvalue weighted by Gasteiger charge is 2.35. The van der Waals surface area contributed by atoms with Crippen LogP contribution in [-0.2, 0) is 4.79 Å². The van der Waals surface area contributed by atoms with E-state index in [1.807, 2.05) is 13.8 Å². The second-order valence-corrected chi connectivity index (χ2v) is 5.61. The van der Waals surface area contributed by atoms with Crippen molar-refractivity contribution < 1.29 is 15.0 Å². The van der Waals surface area contributed by atoms with Crippen LogP contribution in [0.2, 0.25) is 0 Å². The highest BCUT2D eigenvalue weighted by atomic mass is 16.4. The summed E-state index contributed by atoms with van der Waals surface area (Å²) >= 11 is 0. The number of β-amino-alcohol motifs (C(OH)–C–C–N with tert-alkyl or cyclic N) is 1. The molecule has 0 spiro atoms. The van der Waals surface area contributed by atoms with Crippen LogP contribution in [-0.4, -0.2) is 34.9 Å². The monoisotopic (exact) mass is 263 g/mol. The maximum atomic E-state index is 10.9. The predicted molar refractivity (Wildman–Crippen MR) is 74.6 cm³/mol. The number of carboxylic acid groups (broad SMARTS) is 1. The summed E-state index contributed by atoms with van der Waals surface area (Å²) in [6.07, 6.45) is 1.19. The highest BCUT2D eigenvalue weighted by molar-refractivity contribution is 5.68. The molecular formula is C15H21NO3. The van der Waals surface area contributed by atoms with Gasteiger partial charge in [0.15, 0.2) is 0 Å². The van der Waals surface area contributed by atoms with E-state index in [9.17, 15) is 9.90 Å². The summed E-state index contributed by atoms with van der Waals surface area (Å²) in [5, 5.41) is 19.3. The highest BCUT2D eigenvalue weighted by Crippen LogP contribution is 2.30. The molecule has 1 aliphatic rings. The van der Waals surface area contributed by atoms with E-state index < -0.39 is 11.6 Å². The van der Waals surface area contributed by atoms with Crippen molar-refractivity contribution in [2.45, 2.75) is 38.7 Å². The molecule has 4 heteroatoms. The first-order chi connectivity index (χ1) is 8.89. The molecule has 1 saturated heterocycles. The second-order valence-electron chi connectivity index (χ2n) is 5.61. The zero-order chi connectivity index (χ0) is 14.0. The van der Waals surface area contributed by atoms with E-state index in [4.69, 9.17) is 5.11 Å². The number of piperidine rings is 1. The van der Waals surface area contributed by atoms with Gasteiger partial charge in [-0.05, 0) is 43.9 Å². The van der Waals surface area contributed by atoms with Crippen LogP contribution in [0.1, 0.15) is 30.4 Å². The van der Waals surface area contributed by atoms with Gasteiger partial charge in [-0.3, -0.25) is 4.79 Å². The molecule has 1 unspecified atom stereocenters. The summed E-state index contributed by atoms with van der Waals surface area (Å²) in [5.41, 5.74) is 2.32. The topological polar surface area (TPSA) is 60.8 Å². The number of rotatable bonds is 3. The quantitative estimate of drug-likeness (QED) is 0.877. The van der Waals surface area contributed by atoms with Crippen LogP contribution in [0.25, 0.3) is 0 Å². The van der Waals surface area contributed by atoms with E-state index >= 15 is 0 Å². The number of anilines is 1. The number of aliphatic carboxylic acids is 1. The van der Waals surface area contributed by atoms with Gasteiger partial charge >= 0.3 is 5.97 Å². The third-order valence-electron chi connectivity index (χ3n) is 3.74. The molecule has 0 saturated carbocycles. The maximum Gasteiger partial charge on any atom is 0.306 e. The smallest absolute Gasteiger partial charge is 0.306 e. The fourth-order valence-electron chi connectivity index (χ4n) is 2.80. The molecule has 0 bridgehead atoms. The molecular weight excluding hydrogens is 242 g/mol. The first-order valence-corrected chi connectivity index (χ1v) is 6.66. The number of carbonyl (C=O) groups is 1. The molecule has 1 aliphatic heterocycles. The van der Waals surface area contributed by atoms with Gasteiger partial charge in [0.25, 0.3) is 0 Å². The van der Waals surface area contributed by atoms with E-state index in [1.165, 1.54) is 5.56 Å². The molecule has 104 valence electrons. The van der Waals surface area contributed by atoms with Crippen LogP contribution in [0, 0.1) is 13.8 Å². The first-order valence-electron chi connectivity index (χ1n) is 6.66. The number of hydrogen-bond donors (Lipinski definition) is 2. The van der Waals surface area contributed by atoms with Crippen LogP contribution in [0.15, 0.2) is 18.2 Å². The van der Waals surface area contributed by atoms with Crippen molar-refractivity contribution >= 4 is 11.7 Å². The first kappa shape index (κ1) is 13.9. The van der Waals surface area contributed by atoms with E-state index in [0.717, 1.165) is 24.2 Å². The lowest BCUT2D eigenvalue weighted by Gasteiger charge is -2.40. The summed E-state index contributed by atoms with van der Waals surface area (Å²) in [5.74, 6) is -0.940. The van der Waals surface area contributed by atoms with Crippen molar-refractivity contribution in [1.82, 2.24) is 0 Å². The van der Waals surface area contributed by atoms with Gasteiger partial charge in [-0.15, -0.1) is 0 Å². The largest absolute Gasteiger partial charge is 0.481 e. The van der Waals surface area contributed by atoms with E-state index in [1.54, 1.807) is 0 Å². The Labute approximate surface area is 113 Å². The minimum Gasteiger partial charge on any atom is -0.481 e. The number of nitrogens with zero attached hydrogens (tertiary/aromatic N) is 1. The Bertz CT molecular complexity index is 486. The Hall–Kier alpha value is -1.55. The van der Waals surface area contributed by atoms with Gasteiger partial charge < -0.3 is 15.1 Å². The summed E-state index contributed by atoms with van der Waals surface area (Å²) in [4.78, 5) is 13.0. The Morgan fingerprint density at radius 2 is 2.16 bits per heavy atom. The molecule has 2 rings (SSSR count). The third kappa shape index (κ3) is 3.26. The lowest BCUT2D eigenvalue weighted by Crippen LogP contribution is -2.49. The number of aryl methyl sites for hydroxylation is 2. The van der Waals surface area contributed by atoms with Crippen LogP contribution >= 0.6 is 0 Å². The summed E-state index contributed by atoms with van der Waals surface area (Å²) < 4.78 is 0. The predicted octanol–water partition coefficient (Wildman–Crippen LogP) is 2.11. The van der Waals surface area contributed by atoms with Gasteiger partial charge in [-0.1, -0.05) is 12.1 Å². The molecule has 1 aromatic rings. The van der Waals surface area contributed by atoms with Crippen molar-refractivity contribution in [1.29, 1.82) is 0 Å². The molecule has 0 amide bonds. The van der Waals surface area contributed by atoms with E-state index in [0.29, 0.717) is 13.0 Å². The summed E-state index contributed by atoms with van der Waals surface area (Å²) in [7, 11) is 0.